The van der Waals surface area contributed by atoms with Gasteiger partial charge in [-0.25, -0.2) is 4.99 Å². The van der Waals surface area contributed by atoms with Crippen LogP contribution in [0.1, 0.15) is 186 Å². The fraction of sp³-hybridized carbons (Fsp3) is 0.644. The Morgan fingerprint density at radius 2 is 1.06 bits per heavy atom. The molecule has 2 rings (SSSR count). The molecule has 2 heteroatoms. The molecule has 262 valence electrons. The minimum Gasteiger partial charge on any atom is -0.251 e. The largest absolute Gasteiger partial charge is 0.251 e. The minimum atomic E-state index is 0.956. The molecule has 0 heterocycles. The molecular weight excluding hydrogens is 569 g/mol. The third-order valence-corrected chi connectivity index (χ3v) is 9.29. The lowest BCUT2D eigenvalue weighted by Gasteiger charge is -2.13. The monoisotopic (exact) mass is 641 g/mol. The molecule has 0 radical (unpaired) electrons. The van der Waals surface area contributed by atoms with E-state index in [1.54, 1.807) is 0 Å². The minimum absolute atomic E-state index is 0.956. The summed E-state index contributed by atoms with van der Waals surface area (Å²) in [5, 5.41) is 0. The number of hydrogen-bond acceptors (Lipinski definition) is 2. The van der Waals surface area contributed by atoms with Crippen molar-refractivity contribution in [3.8, 4) is 0 Å². The normalized spacial score (nSPS) is 12.5. The van der Waals surface area contributed by atoms with E-state index in [2.05, 4.69) is 90.1 Å². The van der Waals surface area contributed by atoms with E-state index in [1.165, 1.54) is 125 Å². The predicted octanol–water partition coefficient (Wildman–Crippen LogP) is 14.8. The average Bonchev–Trinajstić information content (AvgIpc) is 3.08. The Hall–Kier alpha value is -2.48. The van der Waals surface area contributed by atoms with Gasteiger partial charge < -0.3 is 0 Å². The van der Waals surface area contributed by atoms with Crippen molar-refractivity contribution in [3.63, 3.8) is 0 Å². The molecule has 0 saturated heterocycles. The summed E-state index contributed by atoms with van der Waals surface area (Å²) in [6.45, 7) is 13.8. The SMILES string of the molecule is CCCCCCCC=CC(=Nc1cc(CCCCC)cc(CCCCC)c1)C(CCCC)=Nc1ccc(CCCC)c(CCCC)c1. The van der Waals surface area contributed by atoms with Crippen molar-refractivity contribution in [1.29, 1.82) is 0 Å². The fourth-order valence-corrected chi connectivity index (χ4v) is 6.29. The third-order valence-electron chi connectivity index (χ3n) is 9.29. The Morgan fingerprint density at radius 1 is 0.489 bits per heavy atom. The molecule has 0 aliphatic rings. The first kappa shape index (κ1) is 40.7. The maximum Gasteiger partial charge on any atom is 0.0848 e. The van der Waals surface area contributed by atoms with Gasteiger partial charge in [0.25, 0.3) is 0 Å². The van der Waals surface area contributed by atoms with Crippen LogP contribution < -0.4 is 0 Å². The summed E-state index contributed by atoms with van der Waals surface area (Å²) < 4.78 is 0. The summed E-state index contributed by atoms with van der Waals surface area (Å²) in [5.41, 5.74) is 10.3. The number of hydrogen-bond donors (Lipinski definition) is 0. The van der Waals surface area contributed by atoms with Crippen LogP contribution in [0.4, 0.5) is 11.4 Å². The van der Waals surface area contributed by atoms with Crippen LogP contribution in [0.2, 0.25) is 0 Å². The summed E-state index contributed by atoms with van der Waals surface area (Å²) in [6.07, 6.45) is 32.7. The van der Waals surface area contributed by atoms with Crippen LogP contribution in [0.15, 0.2) is 58.5 Å². The number of aliphatic imine (C=N–C) groups is 2. The maximum atomic E-state index is 5.46. The Kier molecular flexibility index (Phi) is 22.9. The summed E-state index contributed by atoms with van der Waals surface area (Å²) >= 11 is 0. The molecule has 0 aliphatic heterocycles. The summed E-state index contributed by atoms with van der Waals surface area (Å²) in [5.74, 6) is 0. The van der Waals surface area contributed by atoms with Gasteiger partial charge >= 0.3 is 0 Å². The van der Waals surface area contributed by atoms with Gasteiger partial charge in [0.15, 0.2) is 0 Å². The maximum absolute atomic E-state index is 5.46. The standard InChI is InChI=1S/C45H72N2/c1-7-13-19-20-21-22-25-31-45(47-43-35-38(26-23-14-8-2)34-39(36-43)27-24-15-9-3)44(30-18-12-6)46-42-33-32-40(28-16-10-4)41(37-42)29-17-11-5/h25,31-37H,7-24,26-30H2,1-6H3. The number of allylic oxidation sites excluding steroid dienone is 2. The van der Waals surface area contributed by atoms with E-state index in [0.717, 1.165) is 67.7 Å². The Labute approximate surface area is 292 Å². The molecule has 0 atom stereocenters. The van der Waals surface area contributed by atoms with E-state index in [9.17, 15) is 0 Å². The van der Waals surface area contributed by atoms with E-state index in [1.807, 2.05) is 0 Å². The van der Waals surface area contributed by atoms with Gasteiger partial charge in [-0.15, -0.1) is 0 Å². The van der Waals surface area contributed by atoms with Gasteiger partial charge in [0.2, 0.25) is 0 Å². The summed E-state index contributed by atoms with van der Waals surface area (Å²) in [6, 6.07) is 14.2. The van der Waals surface area contributed by atoms with Gasteiger partial charge in [0, 0.05) is 0 Å². The van der Waals surface area contributed by atoms with Crippen LogP contribution in [0.3, 0.4) is 0 Å². The lowest BCUT2D eigenvalue weighted by Crippen LogP contribution is -2.12. The van der Waals surface area contributed by atoms with Crippen molar-refractivity contribution in [1.82, 2.24) is 0 Å². The molecule has 0 N–H and O–H groups in total. The second kappa shape index (κ2) is 26.5. The van der Waals surface area contributed by atoms with Gasteiger partial charge in [-0.05, 0) is 130 Å². The van der Waals surface area contributed by atoms with Gasteiger partial charge in [-0.2, -0.15) is 0 Å². The van der Waals surface area contributed by atoms with E-state index < -0.39 is 0 Å². The first-order valence-electron chi connectivity index (χ1n) is 20.2. The van der Waals surface area contributed by atoms with E-state index in [-0.39, 0.29) is 0 Å². The molecule has 0 spiro atoms. The van der Waals surface area contributed by atoms with Crippen LogP contribution >= 0.6 is 0 Å². The Bertz CT molecular complexity index is 1160. The van der Waals surface area contributed by atoms with E-state index in [4.69, 9.17) is 9.98 Å². The third kappa shape index (κ3) is 17.5. The van der Waals surface area contributed by atoms with Crippen molar-refractivity contribution in [2.45, 2.75) is 189 Å². The van der Waals surface area contributed by atoms with Crippen LogP contribution in [-0.2, 0) is 25.7 Å². The van der Waals surface area contributed by atoms with Gasteiger partial charge in [-0.3, -0.25) is 4.99 Å². The molecule has 0 amide bonds. The molecule has 0 bridgehead atoms. The highest BCUT2D eigenvalue weighted by molar-refractivity contribution is 6.47. The molecule has 47 heavy (non-hydrogen) atoms. The lowest BCUT2D eigenvalue weighted by atomic mass is 9.97. The second-order valence-corrected chi connectivity index (χ2v) is 13.8. The Balaban J connectivity index is 2.59. The molecule has 2 aromatic carbocycles. The average molecular weight is 641 g/mol. The fourth-order valence-electron chi connectivity index (χ4n) is 6.29. The van der Waals surface area contributed by atoms with E-state index in [0.29, 0.717) is 0 Å². The molecule has 0 fully saturated rings. The predicted molar refractivity (Wildman–Crippen MR) is 213 cm³/mol. The van der Waals surface area contributed by atoms with E-state index >= 15 is 0 Å². The van der Waals surface area contributed by atoms with Crippen LogP contribution in [-0.4, -0.2) is 11.4 Å². The number of benzene rings is 2. The number of nitrogens with zero attached hydrogens (tertiary/aromatic N) is 2. The topological polar surface area (TPSA) is 24.7 Å². The zero-order chi connectivity index (χ0) is 34.0. The zero-order valence-electron chi connectivity index (χ0n) is 31.8. The summed E-state index contributed by atoms with van der Waals surface area (Å²) in [7, 11) is 0. The number of unbranched alkanes of at least 4 members (excludes halogenated alkanes) is 12. The quantitative estimate of drug-likeness (QED) is 0.0685. The first-order chi connectivity index (χ1) is 23.1. The molecule has 2 aromatic rings. The zero-order valence-corrected chi connectivity index (χ0v) is 31.8. The van der Waals surface area contributed by atoms with Crippen LogP contribution in [0, 0.1) is 0 Å². The van der Waals surface area contributed by atoms with Crippen molar-refractivity contribution in [2.24, 2.45) is 9.98 Å². The first-order valence-corrected chi connectivity index (χ1v) is 20.2. The van der Waals surface area contributed by atoms with Crippen molar-refractivity contribution < 1.29 is 0 Å². The van der Waals surface area contributed by atoms with Crippen molar-refractivity contribution in [3.05, 3.63) is 70.8 Å². The van der Waals surface area contributed by atoms with Gasteiger partial charge in [0.1, 0.15) is 0 Å². The number of rotatable bonds is 27. The highest BCUT2D eigenvalue weighted by atomic mass is 14.8. The molecular formula is C45H72N2. The molecule has 2 nitrogen and oxygen atoms in total. The van der Waals surface area contributed by atoms with Crippen molar-refractivity contribution >= 4 is 22.8 Å². The Morgan fingerprint density at radius 3 is 1.68 bits per heavy atom. The highest BCUT2D eigenvalue weighted by Gasteiger charge is 2.11. The molecule has 0 aliphatic carbocycles. The highest BCUT2D eigenvalue weighted by Crippen LogP contribution is 2.26. The molecule has 0 saturated carbocycles. The number of aryl methyl sites for hydroxylation is 4. The summed E-state index contributed by atoms with van der Waals surface area (Å²) in [4.78, 5) is 10.9. The van der Waals surface area contributed by atoms with Crippen LogP contribution in [0.25, 0.3) is 0 Å². The molecule has 0 aromatic heterocycles. The smallest absolute Gasteiger partial charge is 0.0848 e. The van der Waals surface area contributed by atoms with Crippen LogP contribution in [0.5, 0.6) is 0 Å². The van der Waals surface area contributed by atoms with Gasteiger partial charge in [0.05, 0.1) is 22.8 Å². The second-order valence-electron chi connectivity index (χ2n) is 13.8. The molecule has 0 unspecified atom stereocenters. The van der Waals surface area contributed by atoms with Gasteiger partial charge in [-0.1, -0.05) is 130 Å². The lowest BCUT2D eigenvalue weighted by molar-refractivity contribution is 0.637. The van der Waals surface area contributed by atoms with Crippen molar-refractivity contribution in [2.75, 3.05) is 0 Å².